The number of unbranched alkanes of at least 4 members (excludes halogenated alkanes) is 1. The van der Waals surface area contributed by atoms with Crippen molar-refractivity contribution in [2.24, 2.45) is 0 Å². The molecule has 0 saturated carbocycles. The minimum Gasteiger partial charge on any atom is -0.497 e. The molecule has 5 rings (SSSR count). The Kier molecular flexibility index (Phi) is 10.4. The first kappa shape index (κ1) is 32.3. The first-order valence-corrected chi connectivity index (χ1v) is 15.7. The van der Waals surface area contributed by atoms with E-state index in [9.17, 15) is 14.7 Å². The third-order valence-electron chi connectivity index (χ3n) is 8.55. The van der Waals surface area contributed by atoms with Crippen molar-refractivity contribution in [2.45, 2.75) is 44.2 Å². The fraction of sp³-hybridized carbons (Fsp3) is 0.231. The SMILES string of the molecule is CCC(=O)N(c1cc2ccccc2cc1N)[C@@H](CCCCNC(c1ccccc1)(c1ccccc1)c1ccc(OC)cc1)C(=O)O. The van der Waals surface area contributed by atoms with E-state index < -0.39 is 17.6 Å². The molecule has 0 aliphatic rings. The molecular formula is C39H41N3O4. The number of rotatable bonds is 14. The molecule has 1 atom stereocenters. The predicted octanol–water partition coefficient (Wildman–Crippen LogP) is 7.38. The second kappa shape index (κ2) is 14.8. The van der Waals surface area contributed by atoms with Crippen molar-refractivity contribution >= 4 is 34.0 Å². The zero-order valence-electron chi connectivity index (χ0n) is 26.4. The number of amides is 1. The van der Waals surface area contributed by atoms with Crippen molar-refractivity contribution in [3.8, 4) is 5.75 Å². The summed E-state index contributed by atoms with van der Waals surface area (Å²) in [6.45, 7) is 2.34. The molecule has 1 amide bonds. The zero-order valence-corrected chi connectivity index (χ0v) is 26.4. The van der Waals surface area contributed by atoms with Gasteiger partial charge in [-0.3, -0.25) is 15.0 Å². The van der Waals surface area contributed by atoms with Gasteiger partial charge in [0.1, 0.15) is 11.8 Å². The molecule has 5 aromatic rings. The van der Waals surface area contributed by atoms with Crippen LogP contribution in [-0.2, 0) is 15.1 Å². The normalized spacial score (nSPS) is 12.0. The summed E-state index contributed by atoms with van der Waals surface area (Å²) in [6.07, 6.45) is 1.70. The minimum atomic E-state index is -1.05. The fourth-order valence-electron chi connectivity index (χ4n) is 6.23. The lowest BCUT2D eigenvalue weighted by Gasteiger charge is -2.37. The summed E-state index contributed by atoms with van der Waals surface area (Å²) in [5, 5.41) is 16.1. The van der Waals surface area contributed by atoms with Gasteiger partial charge in [-0.1, -0.05) is 104 Å². The quantitative estimate of drug-likeness (QED) is 0.0684. The van der Waals surface area contributed by atoms with E-state index in [0.29, 0.717) is 30.8 Å². The second-order valence-electron chi connectivity index (χ2n) is 11.4. The van der Waals surface area contributed by atoms with Crippen LogP contribution in [-0.4, -0.2) is 36.7 Å². The predicted molar refractivity (Wildman–Crippen MR) is 185 cm³/mol. The van der Waals surface area contributed by atoms with Crippen LogP contribution in [0, 0.1) is 0 Å². The van der Waals surface area contributed by atoms with Gasteiger partial charge in [0.25, 0.3) is 0 Å². The summed E-state index contributed by atoms with van der Waals surface area (Å²) in [4.78, 5) is 27.3. The Labute approximate surface area is 270 Å². The number of fused-ring (bicyclic) bond motifs is 1. The molecule has 0 saturated heterocycles. The van der Waals surface area contributed by atoms with Crippen LogP contribution >= 0.6 is 0 Å². The fourth-order valence-corrected chi connectivity index (χ4v) is 6.23. The number of nitrogens with zero attached hydrogens (tertiary/aromatic N) is 1. The Morgan fingerprint density at radius 2 is 1.35 bits per heavy atom. The molecule has 46 heavy (non-hydrogen) atoms. The van der Waals surface area contributed by atoms with E-state index in [1.807, 2.05) is 78.9 Å². The number of ether oxygens (including phenoxy) is 1. The van der Waals surface area contributed by atoms with Crippen molar-refractivity contribution in [2.75, 3.05) is 24.3 Å². The van der Waals surface area contributed by atoms with Gasteiger partial charge < -0.3 is 15.6 Å². The van der Waals surface area contributed by atoms with Crippen LogP contribution in [0.2, 0.25) is 0 Å². The van der Waals surface area contributed by atoms with Gasteiger partial charge in [-0.05, 0) is 77.5 Å². The lowest BCUT2D eigenvalue weighted by atomic mass is 9.77. The Balaban J connectivity index is 1.40. The number of carboxylic acids is 1. The van der Waals surface area contributed by atoms with Crippen molar-refractivity contribution < 1.29 is 19.4 Å². The lowest BCUT2D eigenvalue weighted by molar-refractivity contribution is -0.140. The van der Waals surface area contributed by atoms with Crippen molar-refractivity contribution in [3.05, 3.63) is 138 Å². The van der Waals surface area contributed by atoms with Gasteiger partial charge in [-0.15, -0.1) is 0 Å². The van der Waals surface area contributed by atoms with Gasteiger partial charge >= 0.3 is 5.97 Å². The Morgan fingerprint density at radius 3 is 1.89 bits per heavy atom. The number of hydrogen-bond donors (Lipinski definition) is 3. The van der Waals surface area contributed by atoms with E-state index in [0.717, 1.165) is 33.2 Å². The summed E-state index contributed by atoms with van der Waals surface area (Å²) in [5.41, 5.74) is 9.80. The molecule has 0 unspecified atom stereocenters. The molecule has 0 aromatic heterocycles. The third-order valence-corrected chi connectivity index (χ3v) is 8.55. The first-order valence-electron chi connectivity index (χ1n) is 15.7. The Hall–Kier alpha value is -5.14. The summed E-state index contributed by atoms with van der Waals surface area (Å²) < 4.78 is 5.45. The number of carboxylic acid groups (broad SMARTS) is 1. The van der Waals surface area contributed by atoms with Gasteiger partial charge in [-0.25, -0.2) is 4.79 Å². The number of aliphatic carboxylic acids is 1. The average Bonchev–Trinajstić information content (AvgIpc) is 3.10. The molecule has 7 nitrogen and oxygen atoms in total. The molecule has 4 N–H and O–H groups in total. The zero-order chi connectivity index (χ0) is 32.5. The third kappa shape index (κ3) is 6.75. The highest BCUT2D eigenvalue weighted by Crippen LogP contribution is 2.38. The largest absolute Gasteiger partial charge is 0.497 e. The highest BCUT2D eigenvalue weighted by Gasteiger charge is 2.36. The van der Waals surface area contributed by atoms with E-state index in [2.05, 4.69) is 41.7 Å². The molecule has 0 aliphatic carbocycles. The molecule has 0 fully saturated rings. The standard InChI is InChI=1S/C39H41N3O4/c1-3-37(43)42(36-27-29-15-11-10-14-28(29)26-34(36)40)35(38(44)45)20-12-13-25-41-39(30-16-6-4-7-17-30,31-18-8-5-9-19-31)32-21-23-33(46-2)24-22-32/h4-11,14-19,21-24,26-27,35,41H,3,12-13,20,25,40H2,1-2H3,(H,44,45)/t35-/m0/s1. The number of nitrogens with one attached hydrogen (secondary N) is 1. The molecule has 0 heterocycles. The van der Waals surface area contributed by atoms with Gasteiger partial charge in [0.2, 0.25) is 5.91 Å². The topological polar surface area (TPSA) is 105 Å². The van der Waals surface area contributed by atoms with Crippen LogP contribution in [0.4, 0.5) is 11.4 Å². The van der Waals surface area contributed by atoms with Crippen LogP contribution in [0.5, 0.6) is 5.75 Å². The Bertz CT molecular complexity index is 1720. The molecule has 0 aliphatic heterocycles. The van der Waals surface area contributed by atoms with E-state index >= 15 is 0 Å². The summed E-state index contributed by atoms with van der Waals surface area (Å²) in [6, 6.07) is 39.0. The van der Waals surface area contributed by atoms with E-state index in [1.165, 1.54) is 4.90 Å². The van der Waals surface area contributed by atoms with Crippen molar-refractivity contribution in [1.29, 1.82) is 0 Å². The minimum absolute atomic E-state index is 0.163. The first-order chi connectivity index (χ1) is 22.4. The number of anilines is 2. The number of methoxy groups -OCH3 is 1. The number of nitrogen functional groups attached to an aromatic ring is 1. The summed E-state index contributed by atoms with van der Waals surface area (Å²) >= 11 is 0. The highest BCUT2D eigenvalue weighted by molar-refractivity contribution is 6.04. The highest BCUT2D eigenvalue weighted by atomic mass is 16.5. The van der Waals surface area contributed by atoms with Crippen molar-refractivity contribution in [1.82, 2.24) is 5.32 Å². The summed E-state index contributed by atoms with van der Waals surface area (Å²) in [7, 11) is 1.66. The van der Waals surface area contributed by atoms with Crippen LogP contribution in [0.3, 0.4) is 0 Å². The molecule has 5 aromatic carbocycles. The van der Waals surface area contributed by atoms with Gasteiger partial charge in [0.05, 0.1) is 24.0 Å². The molecule has 0 bridgehead atoms. The van der Waals surface area contributed by atoms with E-state index in [-0.39, 0.29) is 18.7 Å². The maximum Gasteiger partial charge on any atom is 0.326 e. The smallest absolute Gasteiger partial charge is 0.326 e. The maximum atomic E-state index is 13.3. The van der Waals surface area contributed by atoms with Gasteiger partial charge in [0, 0.05) is 6.42 Å². The lowest BCUT2D eigenvalue weighted by Crippen LogP contribution is -2.46. The van der Waals surface area contributed by atoms with E-state index in [1.54, 1.807) is 20.1 Å². The number of hydrogen-bond acceptors (Lipinski definition) is 5. The van der Waals surface area contributed by atoms with Crippen LogP contribution in [0.1, 0.15) is 49.3 Å². The average molecular weight is 616 g/mol. The van der Waals surface area contributed by atoms with Crippen LogP contribution < -0.4 is 20.7 Å². The van der Waals surface area contributed by atoms with Gasteiger partial charge in [-0.2, -0.15) is 0 Å². The maximum absolute atomic E-state index is 13.3. The number of carbonyl (C=O) groups is 2. The number of carbonyl (C=O) groups excluding carboxylic acids is 1. The van der Waals surface area contributed by atoms with Crippen molar-refractivity contribution in [3.63, 3.8) is 0 Å². The van der Waals surface area contributed by atoms with Crippen LogP contribution in [0.15, 0.2) is 121 Å². The monoisotopic (exact) mass is 615 g/mol. The molecular weight excluding hydrogens is 574 g/mol. The number of benzene rings is 5. The second-order valence-corrected chi connectivity index (χ2v) is 11.4. The van der Waals surface area contributed by atoms with Gasteiger partial charge in [0.15, 0.2) is 0 Å². The Morgan fingerprint density at radius 1 is 0.804 bits per heavy atom. The molecule has 0 spiro atoms. The summed E-state index contributed by atoms with van der Waals surface area (Å²) in [5.74, 6) is -0.556. The molecule has 236 valence electrons. The van der Waals surface area contributed by atoms with E-state index in [4.69, 9.17) is 10.5 Å². The molecule has 7 heteroatoms. The molecule has 0 radical (unpaired) electrons. The number of nitrogens with two attached hydrogens (primary N) is 1. The van der Waals surface area contributed by atoms with Crippen LogP contribution in [0.25, 0.3) is 10.8 Å².